The Bertz CT molecular complexity index is 1010. The first-order chi connectivity index (χ1) is 13.5. The van der Waals surface area contributed by atoms with Gasteiger partial charge in [-0.25, -0.2) is 0 Å². The standard InChI is InChI=1S/C23H23NO4/c1-24-9-8-23-16-6-7-18(26)22(23)28-21-19(27)11-14(12-2-4-13(25)5-3-12)15(20(21)23)10-17(16)24/h2-7,11,16-18,22,25-27H,8-10H2,1H3/t16-,17+,18-,22-,23-/m0/s1. The van der Waals surface area contributed by atoms with Gasteiger partial charge in [0.1, 0.15) is 18.0 Å². The molecule has 2 bridgehead atoms. The summed E-state index contributed by atoms with van der Waals surface area (Å²) < 4.78 is 6.26. The van der Waals surface area contributed by atoms with E-state index in [-0.39, 0.29) is 28.9 Å². The smallest absolute Gasteiger partial charge is 0.165 e. The molecule has 1 saturated heterocycles. The molecule has 0 aromatic heterocycles. The predicted molar refractivity (Wildman–Crippen MR) is 105 cm³/mol. The minimum Gasteiger partial charge on any atom is -0.508 e. The van der Waals surface area contributed by atoms with Crippen LogP contribution in [0.25, 0.3) is 11.1 Å². The maximum absolute atomic E-state index is 10.9. The third-order valence-corrected chi connectivity index (χ3v) is 7.46. The van der Waals surface area contributed by atoms with E-state index in [1.807, 2.05) is 18.2 Å². The van der Waals surface area contributed by atoms with Crippen LogP contribution in [0.1, 0.15) is 17.5 Å². The Morgan fingerprint density at radius 2 is 1.93 bits per heavy atom. The minimum atomic E-state index is -0.671. The van der Waals surface area contributed by atoms with Crippen LogP contribution in [0.15, 0.2) is 42.5 Å². The van der Waals surface area contributed by atoms with E-state index >= 15 is 0 Å². The number of nitrogens with zero attached hydrogens (tertiary/aromatic N) is 1. The molecule has 2 aromatic rings. The predicted octanol–water partition coefficient (Wildman–Crippen LogP) is 2.57. The van der Waals surface area contributed by atoms with Gasteiger partial charge in [0, 0.05) is 22.9 Å². The topological polar surface area (TPSA) is 73.2 Å². The summed E-state index contributed by atoms with van der Waals surface area (Å²) in [6.45, 7) is 0.949. The fourth-order valence-corrected chi connectivity index (χ4v) is 6.22. The summed E-state index contributed by atoms with van der Waals surface area (Å²) in [4.78, 5) is 2.42. The van der Waals surface area contributed by atoms with Gasteiger partial charge < -0.3 is 25.0 Å². The summed E-state index contributed by atoms with van der Waals surface area (Å²) in [5, 5.41) is 31.3. The molecular formula is C23H23NO4. The van der Waals surface area contributed by atoms with Crippen molar-refractivity contribution in [1.29, 1.82) is 0 Å². The van der Waals surface area contributed by atoms with Crippen LogP contribution in [-0.4, -0.2) is 52.1 Å². The number of hydrogen-bond donors (Lipinski definition) is 3. The van der Waals surface area contributed by atoms with Crippen LogP contribution in [0.4, 0.5) is 0 Å². The van der Waals surface area contributed by atoms with Crippen molar-refractivity contribution >= 4 is 0 Å². The molecule has 5 atom stereocenters. The van der Waals surface area contributed by atoms with Gasteiger partial charge in [-0.2, -0.15) is 0 Å². The van der Waals surface area contributed by atoms with Crippen molar-refractivity contribution < 1.29 is 20.1 Å². The molecule has 5 heteroatoms. The van der Waals surface area contributed by atoms with Crippen LogP contribution in [0.2, 0.25) is 0 Å². The number of aromatic hydroxyl groups is 2. The Morgan fingerprint density at radius 3 is 2.71 bits per heavy atom. The van der Waals surface area contributed by atoms with E-state index in [4.69, 9.17) is 4.74 Å². The van der Waals surface area contributed by atoms with Crippen molar-refractivity contribution in [3.05, 3.63) is 53.6 Å². The molecule has 0 saturated carbocycles. The van der Waals surface area contributed by atoms with Gasteiger partial charge in [-0.15, -0.1) is 0 Å². The molecular weight excluding hydrogens is 354 g/mol. The van der Waals surface area contributed by atoms with Gasteiger partial charge in [-0.3, -0.25) is 0 Å². The van der Waals surface area contributed by atoms with Gasteiger partial charge >= 0.3 is 0 Å². The lowest BCUT2D eigenvalue weighted by Gasteiger charge is -2.56. The molecule has 6 rings (SSSR count). The molecule has 2 aliphatic carbocycles. The molecule has 0 unspecified atom stereocenters. The first-order valence-corrected chi connectivity index (χ1v) is 9.92. The average Bonchev–Trinajstić information content (AvgIpc) is 3.04. The van der Waals surface area contributed by atoms with Crippen LogP contribution in [0.3, 0.4) is 0 Å². The maximum atomic E-state index is 10.9. The number of hydrogen-bond acceptors (Lipinski definition) is 5. The van der Waals surface area contributed by atoms with E-state index in [1.54, 1.807) is 18.2 Å². The van der Waals surface area contributed by atoms with Crippen LogP contribution in [-0.2, 0) is 11.8 Å². The first-order valence-electron chi connectivity index (χ1n) is 9.92. The summed E-state index contributed by atoms with van der Waals surface area (Å²) >= 11 is 0. The molecule has 2 heterocycles. The molecule has 1 spiro atoms. The number of piperidine rings is 1. The third kappa shape index (κ3) is 1.84. The highest BCUT2D eigenvalue weighted by molar-refractivity contribution is 5.77. The second-order valence-electron chi connectivity index (χ2n) is 8.65. The largest absolute Gasteiger partial charge is 0.508 e. The Balaban J connectivity index is 1.66. The molecule has 2 aliphatic heterocycles. The van der Waals surface area contributed by atoms with E-state index in [9.17, 15) is 15.3 Å². The molecule has 144 valence electrons. The Hall–Kier alpha value is -2.50. The van der Waals surface area contributed by atoms with E-state index in [2.05, 4.69) is 18.0 Å². The normalized spacial score (nSPS) is 34.8. The van der Waals surface area contributed by atoms with Crippen molar-refractivity contribution in [2.24, 2.45) is 5.92 Å². The van der Waals surface area contributed by atoms with Crippen LogP contribution >= 0.6 is 0 Å². The fraction of sp³-hybridized carbons (Fsp3) is 0.391. The van der Waals surface area contributed by atoms with Crippen molar-refractivity contribution in [1.82, 2.24) is 4.90 Å². The Kier molecular flexibility index (Phi) is 3.12. The summed E-state index contributed by atoms with van der Waals surface area (Å²) in [5.41, 5.74) is 3.97. The molecule has 4 aliphatic rings. The highest BCUT2D eigenvalue weighted by Crippen LogP contribution is 2.63. The van der Waals surface area contributed by atoms with E-state index in [0.717, 1.165) is 36.1 Å². The zero-order valence-corrected chi connectivity index (χ0v) is 15.7. The van der Waals surface area contributed by atoms with Gasteiger partial charge in [0.05, 0.1) is 0 Å². The number of likely N-dealkylation sites (tertiary alicyclic amines) is 1. The Morgan fingerprint density at radius 1 is 1.14 bits per heavy atom. The third-order valence-electron chi connectivity index (χ3n) is 7.46. The number of phenolic OH excluding ortho intramolecular Hbond substituents is 2. The molecule has 1 fully saturated rings. The number of aliphatic hydroxyl groups excluding tert-OH is 1. The second kappa shape index (κ2) is 5.31. The van der Waals surface area contributed by atoms with Crippen LogP contribution in [0, 0.1) is 5.92 Å². The van der Waals surface area contributed by atoms with Crippen LogP contribution in [0.5, 0.6) is 17.2 Å². The van der Waals surface area contributed by atoms with E-state index in [1.165, 1.54) is 5.56 Å². The van der Waals surface area contributed by atoms with Crippen molar-refractivity contribution in [2.45, 2.75) is 36.5 Å². The first kappa shape index (κ1) is 16.5. The zero-order chi connectivity index (χ0) is 19.2. The van der Waals surface area contributed by atoms with E-state index < -0.39 is 6.10 Å². The maximum Gasteiger partial charge on any atom is 0.165 e. The number of aliphatic hydroxyl groups is 1. The SMILES string of the molecule is CN1CC[C@]23c4c5c(-c6ccc(O)cc6)cc(O)c4O[C@H]2[C@@H](O)C=C[C@H]3[C@H]1C5. The summed E-state index contributed by atoms with van der Waals surface area (Å²) in [7, 11) is 2.17. The van der Waals surface area contributed by atoms with Gasteiger partial charge in [-0.1, -0.05) is 24.3 Å². The van der Waals surface area contributed by atoms with Gasteiger partial charge in [0.2, 0.25) is 0 Å². The minimum absolute atomic E-state index is 0.133. The number of phenols is 2. The lowest BCUT2D eigenvalue weighted by atomic mass is 9.53. The number of rotatable bonds is 1. The summed E-state index contributed by atoms with van der Waals surface area (Å²) in [5.74, 6) is 1.18. The zero-order valence-electron chi connectivity index (χ0n) is 15.7. The van der Waals surface area contributed by atoms with Gasteiger partial charge in [0.25, 0.3) is 0 Å². The van der Waals surface area contributed by atoms with Gasteiger partial charge in [0.15, 0.2) is 11.5 Å². The number of ether oxygens (including phenoxy) is 1. The average molecular weight is 377 g/mol. The van der Waals surface area contributed by atoms with Crippen molar-refractivity contribution in [2.75, 3.05) is 13.6 Å². The molecule has 5 nitrogen and oxygen atoms in total. The molecule has 2 aromatic carbocycles. The quantitative estimate of drug-likeness (QED) is 0.666. The van der Waals surface area contributed by atoms with E-state index in [0.29, 0.717) is 11.8 Å². The van der Waals surface area contributed by atoms with Crippen LogP contribution < -0.4 is 4.74 Å². The van der Waals surface area contributed by atoms with Crippen molar-refractivity contribution in [3.63, 3.8) is 0 Å². The second-order valence-corrected chi connectivity index (χ2v) is 8.65. The summed E-state index contributed by atoms with van der Waals surface area (Å²) in [6.07, 6.45) is 4.79. The fourth-order valence-electron chi connectivity index (χ4n) is 6.22. The highest BCUT2D eigenvalue weighted by atomic mass is 16.5. The number of likely N-dealkylation sites (N-methyl/N-ethyl adjacent to an activating group) is 1. The van der Waals surface area contributed by atoms with Gasteiger partial charge in [-0.05, 0) is 61.3 Å². The molecule has 28 heavy (non-hydrogen) atoms. The lowest BCUT2D eigenvalue weighted by Crippen LogP contribution is -2.64. The highest BCUT2D eigenvalue weighted by Gasteiger charge is 2.64. The molecule has 0 radical (unpaired) electrons. The molecule has 0 amide bonds. The lowest BCUT2D eigenvalue weighted by molar-refractivity contribution is -0.0452. The van der Waals surface area contributed by atoms with Crippen molar-refractivity contribution in [3.8, 4) is 28.4 Å². The Labute approximate surface area is 163 Å². The number of benzene rings is 2. The summed E-state index contributed by atoms with van der Waals surface area (Å²) in [6, 6.07) is 9.25. The monoisotopic (exact) mass is 377 g/mol. The molecule has 3 N–H and O–H groups in total.